The summed E-state index contributed by atoms with van der Waals surface area (Å²) in [5.74, 6) is -2.14. The highest BCUT2D eigenvalue weighted by Crippen LogP contribution is 2.26. The number of sulfonamides is 1. The van der Waals surface area contributed by atoms with Crippen molar-refractivity contribution >= 4 is 33.4 Å². The number of rotatable bonds is 6. The summed E-state index contributed by atoms with van der Waals surface area (Å²) in [5.41, 5.74) is 0.102. The Labute approximate surface area is 164 Å². The van der Waals surface area contributed by atoms with Crippen LogP contribution in [0.3, 0.4) is 0 Å². The number of imide groups is 1. The molecule has 0 saturated heterocycles. The largest absolute Gasteiger partial charge is 0.350 e. The molecule has 3 N–H and O–H groups in total. The number of nitrogens with two attached hydrogens (primary N) is 1. The Kier molecular flexibility index (Phi) is 5.14. The number of carbonyl (C=O) groups is 3. The first-order valence-electron chi connectivity index (χ1n) is 8.11. The zero-order valence-electron chi connectivity index (χ0n) is 14.7. The molecule has 29 heavy (non-hydrogen) atoms. The highest BCUT2D eigenvalue weighted by molar-refractivity contribution is 7.89. The van der Waals surface area contributed by atoms with E-state index in [2.05, 4.69) is 5.32 Å². The van der Waals surface area contributed by atoms with Gasteiger partial charge in [-0.1, -0.05) is 12.1 Å². The molecule has 0 aliphatic carbocycles. The van der Waals surface area contributed by atoms with Crippen LogP contribution < -0.4 is 10.5 Å². The maximum Gasteiger partial charge on any atom is 0.270 e. The lowest BCUT2D eigenvalue weighted by Gasteiger charge is -2.13. The lowest BCUT2D eigenvalue weighted by molar-refractivity contribution is -0.384. The van der Waals surface area contributed by atoms with Crippen molar-refractivity contribution < 1.29 is 27.7 Å². The fraction of sp³-hybridized carbons (Fsp3) is 0.118. The van der Waals surface area contributed by atoms with Crippen LogP contribution in [0.5, 0.6) is 0 Å². The SMILES string of the molecule is NS(=O)(=O)c1ccc(CNC(=O)CN2C(=O)c3ccc([N+](=O)[O-])cc3C2=O)cc1. The third-order valence-electron chi connectivity index (χ3n) is 4.21. The summed E-state index contributed by atoms with van der Waals surface area (Å²) in [4.78, 5) is 47.6. The van der Waals surface area contributed by atoms with Crippen molar-refractivity contribution in [3.8, 4) is 0 Å². The number of amides is 3. The number of nitrogens with one attached hydrogen (secondary N) is 1. The number of nitro groups is 1. The number of carbonyl (C=O) groups excluding carboxylic acids is 3. The molecule has 0 atom stereocenters. The lowest BCUT2D eigenvalue weighted by Crippen LogP contribution is -2.40. The Balaban J connectivity index is 1.64. The minimum atomic E-state index is -3.82. The zero-order chi connectivity index (χ0) is 21.3. The van der Waals surface area contributed by atoms with Gasteiger partial charge in [0.05, 0.1) is 20.9 Å². The minimum absolute atomic E-state index is 0.00742. The van der Waals surface area contributed by atoms with Gasteiger partial charge in [-0.25, -0.2) is 13.6 Å². The van der Waals surface area contributed by atoms with Crippen LogP contribution in [0.4, 0.5) is 5.69 Å². The van der Waals surface area contributed by atoms with Gasteiger partial charge in [0.25, 0.3) is 17.5 Å². The average molecular weight is 418 g/mol. The molecule has 12 heteroatoms. The summed E-state index contributed by atoms with van der Waals surface area (Å²) >= 11 is 0. The number of nitro benzene ring substituents is 1. The number of fused-ring (bicyclic) bond motifs is 1. The number of non-ortho nitro benzene ring substituents is 1. The molecule has 0 unspecified atom stereocenters. The molecule has 0 saturated carbocycles. The molecule has 3 amide bonds. The molecule has 11 nitrogen and oxygen atoms in total. The van der Waals surface area contributed by atoms with Gasteiger partial charge in [-0.2, -0.15) is 0 Å². The molecule has 0 fully saturated rings. The fourth-order valence-corrected chi connectivity index (χ4v) is 3.25. The molecule has 150 valence electrons. The number of primary sulfonamides is 1. The van der Waals surface area contributed by atoms with Gasteiger partial charge in [0.2, 0.25) is 15.9 Å². The Morgan fingerprint density at radius 3 is 2.28 bits per heavy atom. The van der Waals surface area contributed by atoms with Crippen molar-refractivity contribution in [2.75, 3.05) is 6.54 Å². The van der Waals surface area contributed by atoms with Crippen molar-refractivity contribution in [2.45, 2.75) is 11.4 Å². The van der Waals surface area contributed by atoms with Crippen LogP contribution in [0.2, 0.25) is 0 Å². The van der Waals surface area contributed by atoms with Gasteiger partial charge in [-0.05, 0) is 23.8 Å². The van der Waals surface area contributed by atoms with E-state index in [1.807, 2.05) is 0 Å². The molecule has 3 rings (SSSR count). The molecule has 1 heterocycles. The molecule has 2 aromatic carbocycles. The molecule has 0 aromatic heterocycles. The molecular weight excluding hydrogens is 404 g/mol. The van der Waals surface area contributed by atoms with Crippen LogP contribution in [0, 0.1) is 10.1 Å². The maximum absolute atomic E-state index is 12.4. The lowest BCUT2D eigenvalue weighted by atomic mass is 10.1. The number of nitrogens with zero attached hydrogens (tertiary/aromatic N) is 2. The first-order valence-corrected chi connectivity index (χ1v) is 9.65. The number of hydrogen-bond acceptors (Lipinski definition) is 7. The van der Waals surface area contributed by atoms with E-state index in [0.717, 1.165) is 12.1 Å². The smallest absolute Gasteiger partial charge is 0.270 e. The third-order valence-corrected chi connectivity index (χ3v) is 5.14. The number of benzene rings is 2. The van der Waals surface area contributed by atoms with E-state index in [-0.39, 0.29) is 28.3 Å². The second-order valence-corrected chi connectivity index (χ2v) is 7.71. The van der Waals surface area contributed by atoms with Gasteiger partial charge in [-0.15, -0.1) is 0 Å². The zero-order valence-corrected chi connectivity index (χ0v) is 15.5. The minimum Gasteiger partial charge on any atom is -0.350 e. The second kappa shape index (κ2) is 7.41. The normalized spacial score (nSPS) is 13.3. The van der Waals surface area contributed by atoms with Crippen LogP contribution in [-0.2, 0) is 21.4 Å². The Morgan fingerprint density at radius 2 is 1.69 bits per heavy atom. The second-order valence-electron chi connectivity index (χ2n) is 6.15. The fourth-order valence-electron chi connectivity index (χ4n) is 2.73. The van der Waals surface area contributed by atoms with Crippen LogP contribution in [-0.4, -0.2) is 42.5 Å². The predicted octanol–water partition coefficient (Wildman–Crippen LogP) is 0.155. The summed E-state index contributed by atoms with van der Waals surface area (Å²) < 4.78 is 22.4. The standard InChI is InChI=1S/C17H14N4O7S/c18-29(27,28)12-4-1-10(2-5-12)8-19-15(22)9-20-16(23)13-6-3-11(21(25)26)7-14(13)17(20)24/h1-7H,8-9H2,(H,19,22)(H2,18,27,28). The van der Waals surface area contributed by atoms with Crippen LogP contribution in [0.15, 0.2) is 47.4 Å². The van der Waals surface area contributed by atoms with Gasteiger partial charge in [0.15, 0.2) is 0 Å². The summed E-state index contributed by atoms with van der Waals surface area (Å²) in [6.07, 6.45) is 0. The van der Waals surface area contributed by atoms with Crippen LogP contribution in [0.25, 0.3) is 0 Å². The molecule has 0 bridgehead atoms. The Hall–Kier alpha value is -3.64. The monoisotopic (exact) mass is 418 g/mol. The highest BCUT2D eigenvalue weighted by Gasteiger charge is 2.37. The molecule has 2 aromatic rings. The highest BCUT2D eigenvalue weighted by atomic mass is 32.2. The summed E-state index contributed by atoms with van der Waals surface area (Å²) in [6, 6.07) is 8.78. The Morgan fingerprint density at radius 1 is 1.07 bits per heavy atom. The van der Waals surface area contributed by atoms with E-state index < -0.39 is 39.2 Å². The van der Waals surface area contributed by atoms with E-state index in [4.69, 9.17) is 5.14 Å². The third kappa shape index (κ3) is 4.12. The van der Waals surface area contributed by atoms with Gasteiger partial charge >= 0.3 is 0 Å². The maximum atomic E-state index is 12.4. The molecule has 1 aliphatic heterocycles. The number of hydrogen-bond donors (Lipinski definition) is 2. The molecule has 0 radical (unpaired) electrons. The van der Waals surface area contributed by atoms with Crippen LogP contribution in [0.1, 0.15) is 26.3 Å². The quantitative estimate of drug-likeness (QED) is 0.382. The van der Waals surface area contributed by atoms with Gasteiger partial charge in [0, 0.05) is 18.7 Å². The van der Waals surface area contributed by atoms with Crippen molar-refractivity contribution in [2.24, 2.45) is 5.14 Å². The van der Waals surface area contributed by atoms with E-state index in [1.54, 1.807) is 0 Å². The molecule has 0 spiro atoms. The van der Waals surface area contributed by atoms with Crippen molar-refractivity contribution in [1.82, 2.24) is 10.2 Å². The van der Waals surface area contributed by atoms with E-state index in [9.17, 15) is 32.9 Å². The van der Waals surface area contributed by atoms with Crippen LogP contribution >= 0.6 is 0 Å². The van der Waals surface area contributed by atoms with E-state index >= 15 is 0 Å². The van der Waals surface area contributed by atoms with Gasteiger partial charge in [0.1, 0.15) is 6.54 Å². The molecule has 1 aliphatic rings. The molecular formula is C17H14N4O7S. The van der Waals surface area contributed by atoms with Crippen molar-refractivity contribution in [3.05, 3.63) is 69.3 Å². The van der Waals surface area contributed by atoms with Gasteiger partial charge in [-0.3, -0.25) is 29.4 Å². The Bertz CT molecular complexity index is 1140. The van der Waals surface area contributed by atoms with Crippen molar-refractivity contribution in [1.29, 1.82) is 0 Å². The summed E-state index contributed by atoms with van der Waals surface area (Å²) in [5, 5.41) is 18.3. The predicted molar refractivity (Wildman–Crippen MR) is 98.1 cm³/mol. The van der Waals surface area contributed by atoms with Gasteiger partial charge < -0.3 is 5.32 Å². The van der Waals surface area contributed by atoms with E-state index in [0.29, 0.717) is 10.5 Å². The van der Waals surface area contributed by atoms with Crippen molar-refractivity contribution in [3.63, 3.8) is 0 Å². The summed E-state index contributed by atoms with van der Waals surface area (Å²) in [6.45, 7) is -0.534. The first kappa shape index (κ1) is 20.1. The first-order chi connectivity index (χ1) is 13.6. The van der Waals surface area contributed by atoms with E-state index in [1.165, 1.54) is 30.3 Å². The average Bonchev–Trinajstić information content (AvgIpc) is 2.90. The summed E-state index contributed by atoms with van der Waals surface area (Å²) in [7, 11) is -3.82. The topological polar surface area (TPSA) is 170 Å².